The molecular formula is C34H36N2O4. The third kappa shape index (κ3) is 7.29. The Labute approximate surface area is 236 Å². The van der Waals surface area contributed by atoms with Gasteiger partial charge >= 0.3 is 0 Å². The minimum atomic E-state index is -0.641. The van der Waals surface area contributed by atoms with Gasteiger partial charge in [0.2, 0.25) is 0 Å². The van der Waals surface area contributed by atoms with E-state index in [1.807, 2.05) is 113 Å². The van der Waals surface area contributed by atoms with Crippen molar-refractivity contribution in [1.29, 1.82) is 0 Å². The van der Waals surface area contributed by atoms with Crippen molar-refractivity contribution >= 4 is 23.2 Å². The molecule has 0 aromatic heterocycles. The van der Waals surface area contributed by atoms with E-state index in [4.69, 9.17) is 9.47 Å². The second kappa shape index (κ2) is 12.5. The number of hydrogen-bond donors (Lipinski definition) is 2. The highest BCUT2D eigenvalue weighted by Crippen LogP contribution is 2.28. The van der Waals surface area contributed by atoms with Crippen LogP contribution in [-0.4, -0.2) is 24.0 Å². The SMILES string of the molecule is Cc1ccc(OC(C)C(=O)Nc2ccc(-c3ccc(NC(=O)C(C)Oc4ccc(C)cc4)c(C)c3)cc2C)cc1. The highest BCUT2D eigenvalue weighted by molar-refractivity contribution is 5.96. The Morgan fingerprint density at radius 1 is 0.550 bits per heavy atom. The first-order valence-electron chi connectivity index (χ1n) is 13.4. The molecule has 4 aromatic carbocycles. The molecule has 206 valence electrons. The van der Waals surface area contributed by atoms with Gasteiger partial charge in [0.1, 0.15) is 11.5 Å². The Hall–Kier alpha value is -4.58. The summed E-state index contributed by atoms with van der Waals surface area (Å²) in [6, 6.07) is 27.0. The fraction of sp³-hybridized carbons (Fsp3) is 0.235. The summed E-state index contributed by atoms with van der Waals surface area (Å²) in [5.41, 5.74) is 7.62. The van der Waals surface area contributed by atoms with Crippen LogP contribution in [0.15, 0.2) is 84.9 Å². The van der Waals surface area contributed by atoms with Gasteiger partial charge in [-0.1, -0.05) is 47.5 Å². The van der Waals surface area contributed by atoms with Gasteiger partial charge in [-0.3, -0.25) is 9.59 Å². The molecule has 0 saturated carbocycles. The minimum Gasteiger partial charge on any atom is -0.481 e. The Bertz CT molecular complexity index is 1380. The van der Waals surface area contributed by atoms with Crippen molar-refractivity contribution in [2.45, 2.75) is 53.8 Å². The van der Waals surface area contributed by atoms with Crippen molar-refractivity contribution in [2.24, 2.45) is 0 Å². The van der Waals surface area contributed by atoms with Gasteiger partial charge in [-0.25, -0.2) is 0 Å². The van der Waals surface area contributed by atoms with Crippen LogP contribution in [0.2, 0.25) is 0 Å². The van der Waals surface area contributed by atoms with Gasteiger partial charge in [-0.2, -0.15) is 0 Å². The van der Waals surface area contributed by atoms with Crippen molar-refractivity contribution < 1.29 is 19.1 Å². The fourth-order valence-corrected chi connectivity index (χ4v) is 4.18. The van der Waals surface area contributed by atoms with E-state index < -0.39 is 12.2 Å². The maximum absolute atomic E-state index is 12.7. The summed E-state index contributed by atoms with van der Waals surface area (Å²) in [4.78, 5) is 25.5. The smallest absolute Gasteiger partial charge is 0.265 e. The van der Waals surface area contributed by atoms with Crippen LogP contribution < -0.4 is 20.1 Å². The van der Waals surface area contributed by atoms with Gasteiger partial charge in [0, 0.05) is 11.4 Å². The molecule has 0 aliphatic rings. The van der Waals surface area contributed by atoms with E-state index in [2.05, 4.69) is 10.6 Å². The highest BCUT2D eigenvalue weighted by Gasteiger charge is 2.18. The van der Waals surface area contributed by atoms with E-state index in [0.717, 1.165) is 44.8 Å². The topological polar surface area (TPSA) is 76.7 Å². The predicted octanol–water partition coefficient (Wildman–Crippen LogP) is 7.40. The Morgan fingerprint density at radius 2 is 0.900 bits per heavy atom. The third-order valence-corrected chi connectivity index (χ3v) is 6.71. The van der Waals surface area contributed by atoms with Crippen LogP contribution >= 0.6 is 0 Å². The molecule has 0 aliphatic carbocycles. The second-order valence-electron chi connectivity index (χ2n) is 10.2. The summed E-state index contributed by atoms with van der Waals surface area (Å²) in [7, 11) is 0. The highest BCUT2D eigenvalue weighted by atomic mass is 16.5. The number of hydrogen-bond acceptors (Lipinski definition) is 4. The van der Waals surface area contributed by atoms with Gasteiger partial charge in [0.25, 0.3) is 11.8 Å². The van der Waals surface area contributed by atoms with Gasteiger partial charge in [-0.05, 0) is 112 Å². The van der Waals surface area contributed by atoms with Crippen LogP contribution in [0.1, 0.15) is 36.1 Å². The largest absolute Gasteiger partial charge is 0.481 e. The average molecular weight is 537 g/mol. The molecule has 4 aromatic rings. The quantitative estimate of drug-likeness (QED) is 0.234. The van der Waals surface area contributed by atoms with Crippen LogP contribution in [0, 0.1) is 27.7 Å². The summed E-state index contributed by atoms with van der Waals surface area (Å²) in [6.45, 7) is 11.4. The van der Waals surface area contributed by atoms with Crippen LogP contribution in [0.25, 0.3) is 11.1 Å². The summed E-state index contributed by atoms with van der Waals surface area (Å²) >= 11 is 0. The Balaban J connectivity index is 1.38. The van der Waals surface area contributed by atoms with Crippen molar-refractivity contribution in [2.75, 3.05) is 10.6 Å². The van der Waals surface area contributed by atoms with Crippen molar-refractivity contribution in [3.05, 3.63) is 107 Å². The molecule has 4 rings (SSSR count). The normalized spacial score (nSPS) is 12.2. The molecule has 6 nitrogen and oxygen atoms in total. The molecule has 6 heteroatoms. The molecule has 0 saturated heterocycles. The average Bonchev–Trinajstić information content (AvgIpc) is 2.93. The van der Waals surface area contributed by atoms with E-state index in [1.165, 1.54) is 0 Å². The number of nitrogens with one attached hydrogen (secondary N) is 2. The molecule has 0 heterocycles. The van der Waals surface area contributed by atoms with Gasteiger partial charge < -0.3 is 20.1 Å². The summed E-state index contributed by atoms with van der Waals surface area (Å²) in [5, 5.41) is 5.94. The maximum Gasteiger partial charge on any atom is 0.265 e. The van der Waals surface area contributed by atoms with Crippen molar-refractivity contribution in [3.8, 4) is 22.6 Å². The number of amides is 2. The molecule has 2 unspecified atom stereocenters. The zero-order valence-corrected chi connectivity index (χ0v) is 23.9. The number of rotatable bonds is 9. The fourth-order valence-electron chi connectivity index (χ4n) is 4.18. The van der Waals surface area contributed by atoms with E-state index in [0.29, 0.717) is 11.5 Å². The lowest BCUT2D eigenvalue weighted by Crippen LogP contribution is -2.30. The zero-order chi connectivity index (χ0) is 28.8. The number of aryl methyl sites for hydroxylation is 4. The van der Waals surface area contributed by atoms with Crippen molar-refractivity contribution in [3.63, 3.8) is 0 Å². The second-order valence-corrected chi connectivity index (χ2v) is 10.2. The standard InChI is InChI=1S/C34H36N2O4/c1-21-7-13-29(14-8-21)39-25(5)33(37)35-31-17-11-27(19-23(31)3)28-12-18-32(24(4)20-28)36-34(38)26(6)40-30-15-9-22(2)10-16-30/h7-20,25-26H,1-6H3,(H,35,37)(H,36,38). The van der Waals surface area contributed by atoms with Gasteiger partial charge in [0.15, 0.2) is 12.2 Å². The molecule has 0 aliphatic heterocycles. The van der Waals surface area contributed by atoms with E-state index in [1.54, 1.807) is 13.8 Å². The molecule has 2 atom stereocenters. The van der Waals surface area contributed by atoms with E-state index in [9.17, 15) is 9.59 Å². The number of anilines is 2. The van der Waals surface area contributed by atoms with Crippen molar-refractivity contribution in [1.82, 2.24) is 0 Å². The van der Waals surface area contributed by atoms with Crippen LogP contribution in [0.3, 0.4) is 0 Å². The monoisotopic (exact) mass is 536 g/mol. The third-order valence-electron chi connectivity index (χ3n) is 6.71. The molecule has 0 radical (unpaired) electrons. The van der Waals surface area contributed by atoms with E-state index >= 15 is 0 Å². The molecule has 0 spiro atoms. The number of carbonyl (C=O) groups is 2. The van der Waals surface area contributed by atoms with Crippen LogP contribution in [-0.2, 0) is 9.59 Å². The van der Waals surface area contributed by atoms with Crippen LogP contribution in [0.4, 0.5) is 11.4 Å². The van der Waals surface area contributed by atoms with E-state index in [-0.39, 0.29) is 11.8 Å². The number of ether oxygens (including phenoxy) is 2. The lowest BCUT2D eigenvalue weighted by Gasteiger charge is -2.17. The summed E-state index contributed by atoms with van der Waals surface area (Å²) < 4.78 is 11.6. The van der Waals surface area contributed by atoms with Crippen LogP contribution in [0.5, 0.6) is 11.5 Å². The molecular weight excluding hydrogens is 500 g/mol. The number of carbonyl (C=O) groups excluding carboxylic acids is 2. The molecule has 40 heavy (non-hydrogen) atoms. The maximum atomic E-state index is 12.7. The van der Waals surface area contributed by atoms with Gasteiger partial charge in [-0.15, -0.1) is 0 Å². The molecule has 0 bridgehead atoms. The summed E-state index contributed by atoms with van der Waals surface area (Å²) in [5.74, 6) is 0.882. The molecule has 2 N–H and O–H groups in total. The summed E-state index contributed by atoms with van der Waals surface area (Å²) in [6.07, 6.45) is -1.28. The lowest BCUT2D eigenvalue weighted by atomic mass is 9.99. The minimum absolute atomic E-state index is 0.215. The molecule has 2 amide bonds. The Morgan fingerprint density at radius 3 is 1.23 bits per heavy atom. The molecule has 0 fully saturated rings. The number of benzene rings is 4. The Kier molecular flexibility index (Phi) is 8.90. The first kappa shape index (κ1) is 28.4. The lowest BCUT2D eigenvalue weighted by molar-refractivity contribution is -0.122. The first-order chi connectivity index (χ1) is 19.1. The first-order valence-corrected chi connectivity index (χ1v) is 13.4. The predicted molar refractivity (Wildman–Crippen MR) is 161 cm³/mol. The van der Waals surface area contributed by atoms with Gasteiger partial charge in [0.05, 0.1) is 0 Å². The zero-order valence-electron chi connectivity index (χ0n) is 23.9.